The molecule has 3 rings (SSSR count). The van der Waals surface area contributed by atoms with Crippen LogP contribution in [0.1, 0.15) is 27.9 Å². The number of benzene rings is 2. The highest BCUT2D eigenvalue weighted by atomic mass is 35.5. The predicted octanol–water partition coefficient (Wildman–Crippen LogP) is 4.67. The number of oxime groups is 1. The number of carbonyl (C=O) groups is 1. The molecular weight excluding hydrogens is 392 g/mol. The van der Waals surface area contributed by atoms with Gasteiger partial charge in [-0.2, -0.15) is 13.2 Å². The molecule has 136 valence electrons. The lowest BCUT2D eigenvalue weighted by molar-refractivity contribution is -0.275. The molecule has 1 aliphatic heterocycles. The average Bonchev–Trinajstić information content (AvgIpc) is 3.00. The first kappa shape index (κ1) is 18.5. The van der Waals surface area contributed by atoms with E-state index in [0.717, 1.165) is 12.1 Å². The van der Waals surface area contributed by atoms with Crippen LogP contribution < -0.4 is 5.73 Å². The molecule has 4 nitrogen and oxygen atoms in total. The maximum absolute atomic E-state index is 13.9. The molecule has 0 fully saturated rings. The third kappa shape index (κ3) is 3.24. The van der Waals surface area contributed by atoms with E-state index in [1.165, 1.54) is 30.3 Å². The van der Waals surface area contributed by atoms with Crippen LogP contribution in [-0.2, 0) is 10.4 Å². The van der Waals surface area contributed by atoms with Crippen molar-refractivity contribution >= 4 is 34.8 Å². The van der Waals surface area contributed by atoms with Gasteiger partial charge in [0.25, 0.3) is 5.60 Å². The van der Waals surface area contributed by atoms with Gasteiger partial charge in [0.1, 0.15) is 0 Å². The first-order chi connectivity index (χ1) is 12.1. The Balaban J connectivity index is 1.99. The highest BCUT2D eigenvalue weighted by Crippen LogP contribution is 2.49. The molecule has 26 heavy (non-hydrogen) atoms. The van der Waals surface area contributed by atoms with Gasteiger partial charge in [0.05, 0.1) is 5.71 Å². The largest absolute Gasteiger partial charge is 0.435 e. The number of nitrogens with zero attached hydrogens (tertiary/aromatic N) is 1. The minimum Gasteiger partial charge on any atom is -0.374 e. The van der Waals surface area contributed by atoms with Gasteiger partial charge in [0, 0.05) is 27.6 Å². The lowest BCUT2D eigenvalue weighted by Gasteiger charge is -2.29. The van der Waals surface area contributed by atoms with Gasteiger partial charge in [-0.05, 0) is 35.9 Å². The van der Waals surface area contributed by atoms with Crippen LogP contribution in [0.3, 0.4) is 0 Å². The molecule has 1 amide bonds. The summed E-state index contributed by atoms with van der Waals surface area (Å²) in [6.45, 7) is 0. The van der Waals surface area contributed by atoms with E-state index >= 15 is 0 Å². The molecule has 1 heterocycles. The molecule has 0 radical (unpaired) electrons. The number of primary amides is 1. The van der Waals surface area contributed by atoms with Crippen LogP contribution >= 0.6 is 23.2 Å². The molecule has 1 aliphatic rings. The number of amides is 1. The molecule has 2 aromatic rings. The smallest absolute Gasteiger partial charge is 0.374 e. The van der Waals surface area contributed by atoms with Crippen molar-refractivity contribution in [1.29, 1.82) is 0 Å². The second kappa shape index (κ2) is 6.48. The van der Waals surface area contributed by atoms with E-state index in [-0.39, 0.29) is 26.9 Å². The molecule has 0 bridgehead atoms. The summed E-state index contributed by atoms with van der Waals surface area (Å²) in [5, 5.41) is 3.74. The molecule has 0 aromatic heterocycles. The Hall–Kier alpha value is -2.25. The number of alkyl halides is 3. The van der Waals surface area contributed by atoms with Crippen molar-refractivity contribution < 1.29 is 22.8 Å². The fourth-order valence-corrected chi connectivity index (χ4v) is 3.20. The fourth-order valence-electron chi connectivity index (χ4n) is 2.67. The summed E-state index contributed by atoms with van der Waals surface area (Å²) in [6.07, 6.45) is -5.33. The van der Waals surface area contributed by atoms with Crippen molar-refractivity contribution in [3.05, 3.63) is 69.2 Å². The molecule has 0 spiro atoms. The fraction of sp³-hybridized carbons (Fsp3) is 0.176. The Bertz CT molecular complexity index is 878. The average molecular weight is 403 g/mol. The number of hydrogen-bond donors (Lipinski definition) is 1. The maximum Gasteiger partial charge on any atom is 0.435 e. The molecule has 2 aromatic carbocycles. The van der Waals surface area contributed by atoms with E-state index in [1.54, 1.807) is 0 Å². The molecule has 2 N–H and O–H groups in total. The molecule has 1 unspecified atom stereocenters. The predicted molar refractivity (Wildman–Crippen MR) is 91.4 cm³/mol. The van der Waals surface area contributed by atoms with Gasteiger partial charge in [-0.15, -0.1) is 0 Å². The monoisotopic (exact) mass is 402 g/mol. The quantitative estimate of drug-likeness (QED) is 0.809. The second-order valence-corrected chi connectivity index (χ2v) is 6.60. The van der Waals surface area contributed by atoms with Gasteiger partial charge >= 0.3 is 6.18 Å². The maximum atomic E-state index is 13.9. The molecule has 0 saturated heterocycles. The van der Waals surface area contributed by atoms with Gasteiger partial charge < -0.3 is 10.6 Å². The number of carbonyl (C=O) groups excluding carboxylic acids is 1. The van der Waals surface area contributed by atoms with Crippen molar-refractivity contribution in [2.75, 3.05) is 0 Å². The van der Waals surface area contributed by atoms with Gasteiger partial charge in [0.15, 0.2) is 0 Å². The number of nitrogens with two attached hydrogens (primary N) is 1. The number of halogens is 5. The summed E-state index contributed by atoms with van der Waals surface area (Å²) in [5.74, 6) is -0.639. The van der Waals surface area contributed by atoms with Crippen molar-refractivity contribution in [2.24, 2.45) is 10.9 Å². The summed E-state index contributed by atoms with van der Waals surface area (Å²) in [4.78, 5) is 16.0. The summed E-state index contributed by atoms with van der Waals surface area (Å²) in [5.41, 5.74) is 2.91. The summed E-state index contributed by atoms with van der Waals surface area (Å²) in [6, 6.07) is 9.36. The molecule has 0 saturated carbocycles. The van der Waals surface area contributed by atoms with Crippen LogP contribution in [0.5, 0.6) is 0 Å². The lowest BCUT2D eigenvalue weighted by atomic mass is 9.86. The van der Waals surface area contributed by atoms with Crippen LogP contribution in [-0.4, -0.2) is 17.8 Å². The molecule has 9 heteroatoms. The van der Waals surface area contributed by atoms with Crippen molar-refractivity contribution in [2.45, 2.75) is 18.2 Å². The van der Waals surface area contributed by atoms with Gasteiger partial charge in [-0.25, -0.2) is 0 Å². The zero-order chi connectivity index (χ0) is 19.1. The normalized spacial score (nSPS) is 19.8. The van der Waals surface area contributed by atoms with E-state index in [4.69, 9.17) is 33.8 Å². The Kier molecular flexibility index (Phi) is 4.62. The Morgan fingerprint density at radius 1 is 1.12 bits per heavy atom. The molecule has 1 atom stereocenters. The van der Waals surface area contributed by atoms with Crippen molar-refractivity contribution in [3.63, 3.8) is 0 Å². The third-order valence-electron chi connectivity index (χ3n) is 4.02. The van der Waals surface area contributed by atoms with E-state index in [0.29, 0.717) is 5.56 Å². The summed E-state index contributed by atoms with van der Waals surface area (Å²) in [7, 11) is 0. The van der Waals surface area contributed by atoms with E-state index < -0.39 is 24.1 Å². The standard InChI is InChI=1S/C17H11Cl2F3N2O2/c18-12-5-11(6-13(19)7-12)16(17(20,21)22)8-14(24-26-16)9-1-3-10(4-2-9)15(23)25/h1-7H,8H2,(H2,23,25). The summed E-state index contributed by atoms with van der Waals surface area (Å²) < 4.78 is 41.6. The first-order valence-electron chi connectivity index (χ1n) is 7.31. The van der Waals surface area contributed by atoms with E-state index in [9.17, 15) is 18.0 Å². The summed E-state index contributed by atoms with van der Waals surface area (Å²) >= 11 is 11.7. The Morgan fingerprint density at radius 2 is 1.69 bits per heavy atom. The highest BCUT2D eigenvalue weighted by molar-refractivity contribution is 6.34. The zero-order valence-electron chi connectivity index (χ0n) is 13.0. The van der Waals surface area contributed by atoms with E-state index in [2.05, 4.69) is 5.16 Å². The Labute approximate surface area is 156 Å². The van der Waals surface area contributed by atoms with Gasteiger partial charge in [0.2, 0.25) is 5.91 Å². The minimum absolute atomic E-state index is 0.0546. The molecule has 0 aliphatic carbocycles. The van der Waals surface area contributed by atoms with Gasteiger partial charge in [-0.3, -0.25) is 4.79 Å². The molecular formula is C17H11Cl2F3N2O2. The van der Waals surface area contributed by atoms with Crippen molar-refractivity contribution in [1.82, 2.24) is 0 Å². The Morgan fingerprint density at radius 3 is 2.19 bits per heavy atom. The minimum atomic E-state index is -4.76. The third-order valence-corrected chi connectivity index (χ3v) is 4.45. The van der Waals surface area contributed by atoms with Crippen LogP contribution in [0.15, 0.2) is 47.6 Å². The van der Waals surface area contributed by atoms with Crippen LogP contribution in [0, 0.1) is 0 Å². The lowest BCUT2D eigenvalue weighted by Crippen LogP contribution is -2.42. The van der Waals surface area contributed by atoms with Gasteiger partial charge in [-0.1, -0.05) is 40.5 Å². The van der Waals surface area contributed by atoms with Crippen molar-refractivity contribution in [3.8, 4) is 0 Å². The van der Waals surface area contributed by atoms with Crippen LogP contribution in [0.4, 0.5) is 13.2 Å². The SMILES string of the molecule is NC(=O)c1ccc(C2=NOC(c3cc(Cl)cc(Cl)c3)(C(F)(F)F)C2)cc1. The van der Waals surface area contributed by atoms with Crippen LogP contribution in [0.2, 0.25) is 10.0 Å². The first-order valence-corrected chi connectivity index (χ1v) is 8.06. The highest BCUT2D eigenvalue weighted by Gasteiger charge is 2.62. The van der Waals surface area contributed by atoms with E-state index in [1.807, 2.05) is 0 Å². The second-order valence-electron chi connectivity index (χ2n) is 5.73. The number of rotatable bonds is 3. The zero-order valence-corrected chi connectivity index (χ0v) is 14.5. The van der Waals surface area contributed by atoms with Crippen LogP contribution in [0.25, 0.3) is 0 Å². The number of hydrogen-bond acceptors (Lipinski definition) is 3. The topological polar surface area (TPSA) is 64.7 Å².